The van der Waals surface area contributed by atoms with Crippen LogP contribution in [0.5, 0.6) is 0 Å². The highest BCUT2D eigenvalue weighted by molar-refractivity contribution is 7.89. The van der Waals surface area contributed by atoms with Crippen molar-refractivity contribution in [2.45, 2.75) is 24.2 Å². The van der Waals surface area contributed by atoms with Crippen molar-refractivity contribution in [1.82, 2.24) is 14.8 Å². The van der Waals surface area contributed by atoms with Crippen LogP contribution in [0, 0.1) is 11.7 Å². The number of benzene rings is 2. The van der Waals surface area contributed by atoms with E-state index in [9.17, 15) is 12.8 Å². The number of aromatic nitrogens is 1. The highest BCUT2D eigenvalue weighted by atomic mass is 35.5. The largest absolute Gasteiger partial charge is 0.356 e. The van der Waals surface area contributed by atoms with E-state index in [4.69, 9.17) is 27.7 Å². The van der Waals surface area contributed by atoms with Crippen LogP contribution in [0.25, 0.3) is 11.0 Å². The Morgan fingerprint density at radius 1 is 1.19 bits per heavy atom. The predicted octanol–water partition coefficient (Wildman–Crippen LogP) is 4.51. The number of aryl methyl sites for hydroxylation is 1. The van der Waals surface area contributed by atoms with Crippen molar-refractivity contribution in [2.75, 3.05) is 26.2 Å². The van der Waals surface area contributed by atoms with Crippen molar-refractivity contribution in [1.29, 1.82) is 0 Å². The number of rotatable bonds is 8. The molecular weight excluding hydrogens is 464 g/mol. The lowest BCUT2D eigenvalue weighted by Crippen LogP contribution is -2.31. The smallest absolute Gasteiger partial charge is 0.240 e. The summed E-state index contributed by atoms with van der Waals surface area (Å²) in [5, 5.41) is 5.43. The van der Waals surface area contributed by atoms with E-state index in [2.05, 4.69) is 14.8 Å². The van der Waals surface area contributed by atoms with Gasteiger partial charge >= 0.3 is 0 Å². The molecule has 1 aromatic heterocycles. The van der Waals surface area contributed by atoms with Crippen LogP contribution >= 0.6 is 23.2 Å². The SMILES string of the molecule is O=S(=O)(NCC1CCN(CCCc2noc3cc(F)ccc23)C1)c1ccc(Cl)c(Cl)c1. The molecule has 1 unspecified atom stereocenters. The molecule has 4 rings (SSSR count). The highest BCUT2D eigenvalue weighted by Crippen LogP contribution is 2.25. The number of nitrogens with zero attached hydrogens (tertiary/aromatic N) is 2. The third kappa shape index (κ3) is 5.38. The molecule has 0 radical (unpaired) electrons. The van der Waals surface area contributed by atoms with E-state index in [-0.39, 0.29) is 21.7 Å². The molecule has 0 aliphatic carbocycles. The van der Waals surface area contributed by atoms with Crippen molar-refractivity contribution in [3.8, 4) is 0 Å². The number of fused-ring (bicyclic) bond motifs is 1. The molecule has 2 heterocycles. The monoisotopic (exact) mass is 485 g/mol. The van der Waals surface area contributed by atoms with Crippen molar-refractivity contribution in [3.05, 3.63) is 58.0 Å². The van der Waals surface area contributed by atoms with Gasteiger partial charge in [-0.2, -0.15) is 0 Å². The van der Waals surface area contributed by atoms with Crippen LogP contribution in [-0.2, 0) is 16.4 Å². The molecule has 2 aromatic carbocycles. The summed E-state index contributed by atoms with van der Waals surface area (Å²) in [6.07, 6.45) is 2.56. The Hall–Kier alpha value is -1.71. The zero-order valence-electron chi connectivity index (χ0n) is 16.7. The fourth-order valence-corrected chi connectivity index (χ4v) is 5.36. The molecule has 1 N–H and O–H groups in total. The van der Waals surface area contributed by atoms with Gasteiger partial charge in [0.25, 0.3) is 0 Å². The Kier molecular flexibility index (Phi) is 6.83. The standard InChI is InChI=1S/C21H22Cl2FN3O3S/c22-18-6-4-16(11-19(18)23)31(28,29)25-12-14-7-9-27(13-14)8-1-2-20-17-5-3-15(24)10-21(17)30-26-20/h3-6,10-11,14,25H,1-2,7-9,12-13H2. The number of nitrogens with one attached hydrogen (secondary N) is 1. The summed E-state index contributed by atoms with van der Waals surface area (Å²) in [5.74, 6) is -0.0958. The van der Waals surface area contributed by atoms with E-state index >= 15 is 0 Å². The number of halogens is 3. The van der Waals surface area contributed by atoms with Crippen LogP contribution in [-0.4, -0.2) is 44.7 Å². The zero-order chi connectivity index (χ0) is 22.0. The van der Waals surface area contributed by atoms with Crippen molar-refractivity contribution < 1.29 is 17.3 Å². The van der Waals surface area contributed by atoms with Gasteiger partial charge in [-0.1, -0.05) is 28.4 Å². The Labute approximate surface area is 190 Å². The summed E-state index contributed by atoms with van der Waals surface area (Å²) in [6.45, 7) is 3.00. The molecule has 10 heteroatoms. The normalized spacial score (nSPS) is 17.6. The Bertz CT molecular complexity index is 1190. The van der Waals surface area contributed by atoms with Gasteiger partial charge in [0.1, 0.15) is 5.82 Å². The number of likely N-dealkylation sites (tertiary alicyclic amines) is 1. The maximum atomic E-state index is 13.3. The first-order chi connectivity index (χ1) is 14.8. The average molecular weight is 486 g/mol. The Morgan fingerprint density at radius 2 is 2.03 bits per heavy atom. The molecule has 0 amide bonds. The molecule has 0 bridgehead atoms. The molecule has 1 saturated heterocycles. The lowest BCUT2D eigenvalue weighted by atomic mass is 10.1. The van der Waals surface area contributed by atoms with E-state index in [0.29, 0.717) is 17.2 Å². The first-order valence-corrected chi connectivity index (χ1v) is 12.3. The summed E-state index contributed by atoms with van der Waals surface area (Å²) < 4.78 is 46.1. The lowest BCUT2D eigenvalue weighted by Gasteiger charge is -2.16. The van der Waals surface area contributed by atoms with Gasteiger partial charge in [-0.25, -0.2) is 17.5 Å². The van der Waals surface area contributed by atoms with Gasteiger partial charge in [0.15, 0.2) is 5.58 Å². The molecule has 6 nitrogen and oxygen atoms in total. The molecular formula is C21H22Cl2FN3O3S. The highest BCUT2D eigenvalue weighted by Gasteiger charge is 2.24. The topological polar surface area (TPSA) is 75.4 Å². The summed E-state index contributed by atoms with van der Waals surface area (Å²) in [4.78, 5) is 2.43. The van der Waals surface area contributed by atoms with Crippen LogP contribution < -0.4 is 4.72 Å². The lowest BCUT2D eigenvalue weighted by molar-refractivity contribution is 0.318. The summed E-state index contributed by atoms with van der Waals surface area (Å²) in [5.41, 5.74) is 1.30. The van der Waals surface area contributed by atoms with E-state index in [1.807, 2.05) is 0 Å². The molecule has 3 aromatic rings. The summed E-state index contributed by atoms with van der Waals surface area (Å²) in [6, 6.07) is 8.73. The Balaban J connectivity index is 1.24. The maximum Gasteiger partial charge on any atom is 0.240 e. The molecule has 166 valence electrons. The summed E-state index contributed by atoms with van der Waals surface area (Å²) >= 11 is 11.8. The predicted molar refractivity (Wildman–Crippen MR) is 118 cm³/mol. The van der Waals surface area contributed by atoms with Gasteiger partial charge in [-0.15, -0.1) is 0 Å². The molecule has 1 atom stereocenters. The van der Waals surface area contributed by atoms with Crippen LogP contribution in [0.2, 0.25) is 10.0 Å². The number of hydrogen-bond donors (Lipinski definition) is 1. The van der Waals surface area contributed by atoms with Crippen LogP contribution in [0.1, 0.15) is 18.5 Å². The van der Waals surface area contributed by atoms with Crippen molar-refractivity contribution in [2.24, 2.45) is 5.92 Å². The van der Waals surface area contributed by atoms with Crippen molar-refractivity contribution >= 4 is 44.2 Å². The second kappa shape index (κ2) is 9.42. The van der Waals surface area contributed by atoms with Crippen LogP contribution in [0.3, 0.4) is 0 Å². The minimum absolute atomic E-state index is 0.108. The molecule has 31 heavy (non-hydrogen) atoms. The fraction of sp³-hybridized carbons (Fsp3) is 0.381. The molecule has 1 aliphatic heterocycles. The van der Waals surface area contributed by atoms with Crippen LogP contribution in [0.15, 0.2) is 45.8 Å². The minimum Gasteiger partial charge on any atom is -0.356 e. The van der Waals surface area contributed by atoms with E-state index in [0.717, 1.165) is 50.0 Å². The fourth-order valence-electron chi connectivity index (χ4n) is 3.85. The third-order valence-electron chi connectivity index (χ3n) is 5.53. The molecule has 0 saturated carbocycles. The third-order valence-corrected chi connectivity index (χ3v) is 7.69. The molecule has 1 aliphatic rings. The van der Waals surface area contributed by atoms with Gasteiger partial charge in [-0.05, 0) is 68.6 Å². The van der Waals surface area contributed by atoms with Crippen molar-refractivity contribution in [3.63, 3.8) is 0 Å². The molecule has 1 fully saturated rings. The zero-order valence-corrected chi connectivity index (χ0v) is 19.0. The maximum absolute atomic E-state index is 13.3. The van der Waals surface area contributed by atoms with Gasteiger partial charge in [0.2, 0.25) is 10.0 Å². The first-order valence-electron chi connectivity index (χ1n) is 10.0. The van der Waals surface area contributed by atoms with Gasteiger partial charge in [0.05, 0.1) is 20.6 Å². The number of sulfonamides is 1. The van der Waals surface area contributed by atoms with Gasteiger partial charge < -0.3 is 9.42 Å². The average Bonchev–Trinajstić information content (AvgIpc) is 3.35. The Morgan fingerprint density at radius 3 is 2.84 bits per heavy atom. The van der Waals surface area contributed by atoms with Gasteiger partial charge in [0, 0.05) is 24.5 Å². The second-order valence-corrected chi connectivity index (χ2v) is 10.3. The van der Waals surface area contributed by atoms with Gasteiger partial charge in [-0.3, -0.25) is 0 Å². The minimum atomic E-state index is -3.63. The summed E-state index contributed by atoms with van der Waals surface area (Å²) in [7, 11) is -3.63. The van der Waals surface area contributed by atoms with E-state index < -0.39 is 10.0 Å². The van der Waals surface area contributed by atoms with E-state index in [1.165, 1.54) is 30.3 Å². The molecule has 0 spiro atoms. The number of hydrogen-bond acceptors (Lipinski definition) is 5. The quantitative estimate of drug-likeness (QED) is 0.507. The first kappa shape index (κ1) is 22.5. The van der Waals surface area contributed by atoms with Crippen LogP contribution in [0.4, 0.5) is 4.39 Å². The second-order valence-electron chi connectivity index (χ2n) is 7.76. The van der Waals surface area contributed by atoms with E-state index in [1.54, 1.807) is 6.07 Å².